The van der Waals surface area contributed by atoms with E-state index in [0.29, 0.717) is 12.4 Å². The van der Waals surface area contributed by atoms with Crippen molar-refractivity contribution in [1.82, 2.24) is 4.98 Å². The van der Waals surface area contributed by atoms with Crippen LogP contribution in [0.2, 0.25) is 0 Å². The van der Waals surface area contributed by atoms with E-state index in [1.165, 1.54) is 0 Å². The van der Waals surface area contributed by atoms with Crippen LogP contribution in [0.5, 0.6) is 17.2 Å². The summed E-state index contributed by atoms with van der Waals surface area (Å²) in [5.41, 5.74) is 2.16. The Morgan fingerprint density at radius 1 is 1.04 bits per heavy atom. The number of nitrogens with one attached hydrogen (secondary N) is 1. The number of benzene rings is 2. The van der Waals surface area contributed by atoms with Crippen molar-refractivity contribution in [3.8, 4) is 17.2 Å². The number of hydrogen-bond acceptors (Lipinski definition) is 4. The molecule has 1 aliphatic rings. The molecular weight excluding hydrogens is 306 g/mol. The van der Waals surface area contributed by atoms with Crippen molar-refractivity contribution >= 4 is 10.9 Å². The summed E-state index contributed by atoms with van der Waals surface area (Å²) in [6, 6.07) is 13.6. The van der Waals surface area contributed by atoms with Gasteiger partial charge in [-0.3, -0.25) is 0 Å². The van der Waals surface area contributed by atoms with E-state index in [-0.39, 0.29) is 13.2 Å². The summed E-state index contributed by atoms with van der Waals surface area (Å²) >= 11 is 0. The first-order valence-electron chi connectivity index (χ1n) is 8.06. The van der Waals surface area contributed by atoms with E-state index in [9.17, 15) is 5.11 Å². The zero-order valence-electron chi connectivity index (χ0n) is 13.2. The number of ether oxygens (including phenoxy) is 3. The Bertz CT molecular complexity index is 842. The van der Waals surface area contributed by atoms with E-state index in [1.807, 2.05) is 48.7 Å². The molecule has 0 saturated heterocycles. The van der Waals surface area contributed by atoms with Gasteiger partial charge in [0.15, 0.2) is 11.5 Å². The number of aliphatic hydroxyl groups is 1. The van der Waals surface area contributed by atoms with Crippen LogP contribution in [0, 0.1) is 0 Å². The Hall–Kier alpha value is -2.66. The molecule has 2 N–H and O–H groups in total. The number of aliphatic hydroxyl groups excluding tert-OH is 1. The highest BCUT2D eigenvalue weighted by Crippen LogP contribution is 2.35. The van der Waals surface area contributed by atoms with Gasteiger partial charge in [-0.05, 0) is 24.3 Å². The predicted molar refractivity (Wildman–Crippen MR) is 90.9 cm³/mol. The third-order valence-corrected chi connectivity index (χ3v) is 4.10. The molecule has 3 aromatic rings. The average molecular weight is 325 g/mol. The zero-order valence-corrected chi connectivity index (χ0v) is 13.2. The van der Waals surface area contributed by atoms with Crippen LogP contribution in [-0.2, 0) is 6.42 Å². The topological polar surface area (TPSA) is 63.7 Å². The molecule has 0 aliphatic carbocycles. The second-order valence-electron chi connectivity index (χ2n) is 5.81. The number of rotatable bonds is 6. The number of aromatic amines is 1. The number of para-hydroxylation sites is 1. The molecule has 0 amide bonds. The molecule has 1 unspecified atom stereocenters. The second-order valence-corrected chi connectivity index (χ2v) is 5.81. The summed E-state index contributed by atoms with van der Waals surface area (Å²) in [6.45, 7) is 1.01. The highest BCUT2D eigenvalue weighted by atomic mass is 16.5. The third-order valence-electron chi connectivity index (χ3n) is 4.10. The Labute approximate surface area is 139 Å². The van der Waals surface area contributed by atoms with E-state index >= 15 is 0 Å². The predicted octanol–water partition coefficient (Wildman–Crippen LogP) is 2.92. The fourth-order valence-electron chi connectivity index (χ4n) is 2.90. The second kappa shape index (κ2) is 6.45. The van der Waals surface area contributed by atoms with Gasteiger partial charge in [0.25, 0.3) is 0 Å². The summed E-state index contributed by atoms with van der Waals surface area (Å²) in [5.74, 6) is 2.22. The maximum absolute atomic E-state index is 10.1. The van der Waals surface area contributed by atoms with Gasteiger partial charge in [-0.2, -0.15) is 0 Å². The normalized spacial score (nSPS) is 14.2. The van der Waals surface area contributed by atoms with E-state index in [4.69, 9.17) is 14.2 Å². The molecule has 1 aliphatic heterocycles. The van der Waals surface area contributed by atoms with Gasteiger partial charge in [-0.25, -0.2) is 0 Å². The van der Waals surface area contributed by atoms with Crippen LogP contribution in [0.3, 0.4) is 0 Å². The van der Waals surface area contributed by atoms with Crippen LogP contribution in [0.1, 0.15) is 5.56 Å². The van der Waals surface area contributed by atoms with Gasteiger partial charge in [0, 0.05) is 29.1 Å². The summed E-state index contributed by atoms with van der Waals surface area (Å²) in [6.07, 6.45) is 2.04. The monoisotopic (exact) mass is 325 g/mol. The molecule has 0 radical (unpaired) electrons. The first-order valence-corrected chi connectivity index (χ1v) is 8.06. The Kier molecular flexibility index (Phi) is 4.01. The molecule has 0 saturated carbocycles. The van der Waals surface area contributed by atoms with Crippen molar-refractivity contribution in [2.24, 2.45) is 0 Å². The number of aromatic nitrogens is 1. The molecule has 0 fully saturated rings. The van der Waals surface area contributed by atoms with Crippen molar-refractivity contribution in [2.45, 2.75) is 12.5 Å². The fraction of sp³-hybridized carbons (Fsp3) is 0.263. The van der Waals surface area contributed by atoms with E-state index in [0.717, 1.165) is 34.4 Å². The van der Waals surface area contributed by atoms with Crippen LogP contribution in [-0.4, -0.2) is 36.0 Å². The zero-order chi connectivity index (χ0) is 16.4. The minimum absolute atomic E-state index is 0.156. The van der Waals surface area contributed by atoms with Crippen LogP contribution < -0.4 is 14.2 Å². The SMILES string of the molecule is OC(COc1cccc2c1OCC2)COc1cccc2[nH]ccc12. The molecule has 124 valence electrons. The molecule has 4 rings (SSSR count). The summed E-state index contributed by atoms with van der Waals surface area (Å²) in [4.78, 5) is 3.14. The lowest BCUT2D eigenvalue weighted by atomic mass is 10.1. The molecule has 2 aromatic carbocycles. The highest BCUT2D eigenvalue weighted by Gasteiger charge is 2.18. The van der Waals surface area contributed by atoms with Crippen LogP contribution in [0.4, 0.5) is 0 Å². The molecule has 2 heterocycles. The molecule has 0 spiro atoms. The lowest BCUT2D eigenvalue weighted by Crippen LogP contribution is -2.25. The maximum atomic E-state index is 10.1. The van der Waals surface area contributed by atoms with Gasteiger partial charge >= 0.3 is 0 Å². The van der Waals surface area contributed by atoms with Gasteiger partial charge in [0.1, 0.15) is 25.1 Å². The molecule has 5 nitrogen and oxygen atoms in total. The first kappa shape index (κ1) is 14.9. The molecule has 24 heavy (non-hydrogen) atoms. The fourth-order valence-corrected chi connectivity index (χ4v) is 2.90. The van der Waals surface area contributed by atoms with E-state index in [2.05, 4.69) is 4.98 Å². The Morgan fingerprint density at radius 3 is 2.75 bits per heavy atom. The maximum Gasteiger partial charge on any atom is 0.164 e. The van der Waals surface area contributed by atoms with Crippen LogP contribution in [0.15, 0.2) is 48.7 Å². The van der Waals surface area contributed by atoms with Gasteiger partial charge in [0.05, 0.1) is 6.61 Å². The first-order chi connectivity index (χ1) is 11.8. The van der Waals surface area contributed by atoms with Crippen molar-refractivity contribution in [2.75, 3.05) is 19.8 Å². The Balaban J connectivity index is 1.35. The minimum atomic E-state index is -0.726. The number of hydrogen-bond donors (Lipinski definition) is 2. The van der Waals surface area contributed by atoms with Crippen molar-refractivity contribution in [3.05, 3.63) is 54.2 Å². The van der Waals surface area contributed by atoms with Gasteiger partial charge < -0.3 is 24.3 Å². The van der Waals surface area contributed by atoms with E-state index in [1.54, 1.807) is 0 Å². The smallest absolute Gasteiger partial charge is 0.164 e. The van der Waals surface area contributed by atoms with Crippen molar-refractivity contribution in [3.63, 3.8) is 0 Å². The van der Waals surface area contributed by atoms with Crippen molar-refractivity contribution in [1.29, 1.82) is 0 Å². The lowest BCUT2D eigenvalue weighted by molar-refractivity contribution is 0.0621. The highest BCUT2D eigenvalue weighted by molar-refractivity contribution is 5.85. The largest absolute Gasteiger partial charge is 0.490 e. The molecule has 1 atom stereocenters. The lowest BCUT2D eigenvalue weighted by Gasteiger charge is -2.15. The van der Waals surface area contributed by atoms with Crippen molar-refractivity contribution < 1.29 is 19.3 Å². The minimum Gasteiger partial charge on any atom is -0.490 e. The van der Waals surface area contributed by atoms with Crippen LogP contribution >= 0.6 is 0 Å². The summed E-state index contributed by atoms with van der Waals surface area (Å²) in [7, 11) is 0. The molecule has 5 heteroatoms. The standard InChI is InChI=1S/C19H19NO4/c21-14(11-23-17-5-2-4-16-15(17)7-9-20-16)12-24-18-6-1-3-13-8-10-22-19(13)18/h1-7,9,14,20-21H,8,10-12H2. The average Bonchev–Trinajstić information content (AvgIpc) is 3.26. The third kappa shape index (κ3) is 2.90. The molecule has 1 aromatic heterocycles. The van der Waals surface area contributed by atoms with Gasteiger partial charge in [0.2, 0.25) is 0 Å². The summed E-state index contributed by atoms with van der Waals surface area (Å²) in [5, 5.41) is 11.1. The quantitative estimate of drug-likeness (QED) is 0.731. The van der Waals surface area contributed by atoms with Gasteiger partial charge in [-0.1, -0.05) is 18.2 Å². The van der Waals surface area contributed by atoms with Crippen LogP contribution in [0.25, 0.3) is 10.9 Å². The Morgan fingerprint density at radius 2 is 1.83 bits per heavy atom. The summed E-state index contributed by atoms with van der Waals surface area (Å²) < 4.78 is 17.0. The van der Waals surface area contributed by atoms with E-state index < -0.39 is 6.10 Å². The molecular formula is C19H19NO4. The molecule has 0 bridgehead atoms. The number of fused-ring (bicyclic) bond motifs is 2. The number of H-pyrrole nitrogens is 1. The van der Waals surface area contributed by atoms with Gasteiger partial charge in [-0.15, -0.1) is 0 Å².